The first kappa shape index (κ1) is 17.3. The molecule has 1 aromatic carbocycles. The van der Waals surface area contributed by atoms with Crippen molar-refractivity contribution in [1.82, 2.24) is 4.72 Å². The van der Waals surface area contributed by atoms with Crippen molar-refractivity contribution in [3.05, 3.63) is 33.3 Å². The summed E-state index contributed by atoms with van der Waals surface area (Å²) in [7, 11) is -4.30. The number of benzene rings is 1. The Hall–Kier alpha value is -1.71. The second-order valence-electron chi connectivity index (χ2n) is 4.55. The maximum atomic E-state index is 12.2. The van der Waals surface area contributed by atoms with E-state index in [1.54, 1.807) is 0 Å². The number of non-ortho nitro benzene ring substituents is 1. The zero-order valence-corrected chi connectivity index (χ0v) is 12.7. The lowest BCUT2D eigenvalue weighted by Crippen LogP contribution is -2.44. The predicted octanol–water partition coefficient (Wildman–Crippen LogP) is 1.64. The summed E-state index contributed by atoms with van der Waals surface area (Å²) in [6, 6.07) is 1.53. The Morgan fingerprint density at radius 1 is 1.43 bits per heavy atom. The molecule has 0 aliphatic carbocycles. The molecule has 1 aromatic rings. The molecule has 0 saturated carbocycles. The molecule has 116 valence electrons. The molecule has 0 amide bonds. The fourth-order valence-corrected chi connectivity index (χ4v) is 3.37. The molecule has 0 fully saturated rings. The van der Waals surface area contributed by atoms with Crippen molar-refractivity contribution >= 4 is 33.3 Å². The number of nitrogens with zero attached hydrogens (tertiary/aromatic N) is 1. The summed E-state index contributed by atoms with van der Waals surface area (Å²) in [6.45, 7) is 3.05. The number of carboxylic acids is 1. The summed E-state index contributed by atoms with van der Waals surface area (Å²) in [6.07, 6.45) is 0. The fourth-order valence-electron chi connectivity index (χ4n) is 1.51. The van der Waals surface area contributed by atoms with Crippen LogP contribution in [0.5, 0.6) is 0 Å². The highest BCUT2D eigenvalue weighted by molar-refractivity contribution is 7.89. The van der Waals surface area contributed by atoms with E-state index >= 15 is 0 Å². The van der Waals surface area contributed by atoms with Crippen LogP contribution in [0.4, 0.5) is 5.69 Å². The largest absolute Gasteiger partial charge is 0.480 e. The Bertz CT molecular complexity index is 673. The maximum Gasteiger partial charge on any atom is 0.322 e. The molecule has 10 heteroatoms. The van der Waals surface area contributed by atoms with Crippen molar-refractivity contribution in [1.29, 1.82) is 0 Å². The number of sulfonamides is 1. The molecule has 0 spiro atoms. The fraction of sp³-hybridized carbons (Fsp3) is 0.364. The van der Waals surface area contributed by atoms with Gasteiger partial charge >= 0.3 is 5.97 Å². The molecule has 8 nitrogen and oxygen atoms in total. The maximum absolute atomic E-state index is 12.2. The first-order valence-corrected chi connectivity index (χ1v) is 7.61. The second-order valence-corrected chi connectivity index (χ2v) is 6.64. The lowest BCUT2D eigenvalue weighted by Gasteiger charge is -2.18. The summed E-state index contributed by atoms with van der Waals surface area (Å²) < 4.78 is 26.3. The van der Waals surface area contributed by atoms with Gasteiger partial charge in [0.15, 0.2) is 0 Å². The minimum absolute atomic E-state index is 0.235. The van der Waals surface area contributed by atoms with Crippen molar-refractivity contribution < 1.29 is 23.2 Å². The number of hydrogen-bond acceptors (Lipinski definition) is 5. The van der Waals surface area contributed by atoms with Crippen LogP contribution in [0.15, 0.2) is 23.1 Å². The quantitative estimate of drug-likeness (QED) is 0.600. The molecule has 0 radical (unpaired) electrons. The molecule has 21 heavy (non-hydrogen) atoms. The van der Waals surface area contributed by atoms with Crippen molar-refractivity contribution in [2.45, 2.75) is 24.8 Å². The molecular formula is C11H13ClN2O6S. The third-order valence-electron chi connectivity index (χ3n) is 2.63. The Kier molecular flexibility index (Phi) is 5.26. The van der Waals surface area contributed by atoms with Gasteiger partial charge in [0, 0.05) is 12.1 Å². The normalized spacial score (nSPS) is 13.1. The molecule has 0 aliphatic heterocycles. The average molecular weight is 337 g/mol. The van der Waals surface area contributed by atoms with Gasteiger partial charge in [-0.3, -0.25) is 14.9 Å². The number of rotatable bonds is 6. The number of hydrogen-bond donors (Lipinski definition) is 2. The van der Waals surface area contributed by atoms with Crippen LogP contribution < -0.4 is 4.72 Å². The van der Waals surface area contributed by atoms with E-state index in [4.69, 9.17) is 16.7 Å². The SMILES string of the molecule is CC(C)[C@@H](NS(=O)(=O)c1cc([N+](=O)[O-])ccc1Cl)C(=O)O. The number of nitro groups is 1. The molecule has 0 bridgehead atoms. The van der Waals surface area contributed by atoms with Crippen molar-refractivity contribution in [3.63, 3.8) is 0 Å². The average Bonchev–Trinajstić information content (AvgIpc) is 2.35. The molecule has 0 aromatic heterocycles. The standard InChI is InChI=1S/C11H13ClN2O6S/c1-6(2)10(11(15)16)13-21(19,20)9-5-7(14(17)18)3-4-8(9)12/h3-6,10,13H,1-2H3,(H,15,16)/t10-/m1/s1. The third-order valence-corrected chi connectivity index (χ3v) is 4.55. The van der Waals surface area contributed by atoms with Crippen LogP contribution >= 0.6 is 11.6 Å². The van der Waals surface area contributed by atoms with E-state index in [1.165, 1.54) is 13.8 Å². The summed E-state index contributed by atoms with van der Waals surface area (Å²) in [5, 5.41) is 19.4. The van der Waals surface area contributed by atoms with Gasteiger partial charge in [0.25, 0.3) is 5.69 Å². The molecule has 0 heterocycles. The zero-order valence-electron chi connectivity index (χ0n) is 11.1. The van der Waals surface area contributed by atoms with Crippen molar-refractivity contribution in [3.8, 4) is 0 Å². The van der Waals surface area contributed by atoms with Gasteiger partial charge in [-0.05, 0) is 12.0 Å². The smallest absolute Gasteiger partial charge is 0.322 e. The van der Waals surface area contributed by atoms with Gasteiger partial charge in [-0.25, -0.2) is 8.42 Å². The summed E-state index contributed by atoms with van der Waals surface area (Å²) in [4.78, 5) is 20.4. The topological polar surface area (TPSA) is 127 Å². The van der Waals surface area contributed by atoms with Gasteiger partial charge in [0.2, 0.25) is 10.0 Å². The number of carboxylic acid groups (broad SMARTS) is 1. The zero-order chi connectivity index (χ0) is 16.4. The summed E-state index contributed by atoms with van der Waals surface area (Å²) in [5.41, 5.74) is -0.462. The van der Waals surface area contributed by atoms with Crippen molar-refractivity contribution in [2.24, 2.45) is 5.92 Å². The van der Waals surface area contributed by atoms with Crippen LogP contribution in [0.2, 0.25) is 5.02 Å². The van der Waals surface area contributed by atoms with E-state index < -0.39 is 43.5 Å². The molecule has 1 atom stereocenters. The van der Waals surface area contributed by atoms with E-state index in [1.807, 2.05) is 4.72 Å². The van der Waals surface area contributed by atoms with Crippen LogP contribution in [-0.4, -0.2) is 30.5 Å². The van der Waals surface area contributed by atoms with E-state index in [2.05, 4.69) is 0 Å². The van der Waals surface area contributed by atoms with Crippen LogP contribution in [0.1, 0.15) is 13.8 Å². The van der Waals surface area contributed by atoms with E-state index in [0.717, 1.165) is 18.2 Å². The van der Waals surface area contributed by atoms with Gasteiger partial charge < -0.3 is 5.11 Å². The third kappa shape index (κ3) is 4.13. The number of carbonyl (C=O) groups is 1. The monoisotopic (exact) mass is 336 g/mol. The Balaban J connectivity index is 3.27. The Morgan fingerprint density at radius 2 is 2.00 bits per heavy atom. The summed E-state index contributed by atoms with van der Waals surface area (Å²) in [5.74, 6) is -1.87. The first-order valence-electron chi connectivity index (χ1n) is 5.75. The van der Waals surface area contributed by atoms with Crippen LogP contribution in [0, 0.1) is 16.0 Å². The van der Waals surface area contributed by atoms with Gasteiger partial charge in [-0.2, -0.15) is 4.72 Å². The van der Waals surface area contributed by atoms with E-state index in [9.17, 15) is 23.3 Å². The highest BCUT2D eigenvalue weighted by atomic mass is 35.5. The van der Waals surface area contributed by atoms with Crippen molar-refractivity contribution in [2.75, 3.05) is 0 Å². The van der Waals surface area contributed by atoms with Gasteiger partial charge in [0.1, 0.15) is 10.9 Å². The predicted molar refractivity (Wildman–Crippen MR) is 74.7 cm³/mol. The van der Waals surface area contributed by atoms with E-state index in [0.29, 0.717) is 0 Å². The van der Waals surface area contributed by atoms with Crippen LogP contribution in [0.25, 0.3) is 0 Å². The number of halogens is 1. The molecule has 0 unspecified atom stereocenters. The summed E-state index contributed by atoms with van der Waals surface area (Å²) >= 11 is 5.74. The van der Waals surface area contributed by atoms with Crippen LogP contribution in [-0.2, 0) is 14.8 Å². The van der Waals surface area contributed by atoms with E-state index in [-0.39, 0.29) is 5.02 Å². The van der Waals surface area contributed by atoms with Gasteiger partial charge in [-0.15, -0.1) is 0 Å². The molecule has 2 N–H and O–H groups in total. The minimum Gasteiger partial charge on any atom is -0.480 e. The lowest BCUT2D eigenvalue weighted by molar-refractivity contribution is -0.385. The molecule has 1 rings (SSSR count). The lowest BCUT2D eigenvalue weighted by atomic mass is 10.1. The molecule has 0 saturated heterocycles. The number of nitrogens with one attached hydrogen (secondary N) is 1. The minimum atomic E-state index is -4.30. The van der Waals surface area contributed by atoms with Gasteiger partial charge in [0.05, 0.1) is 9.95 Å². The highest BCUT2D eigenvalue weighted by Gasteiger charge is 2.30. The molecule has 0 aliphatic rings. The van der Waals surface area contributed by atoms with Gasteiger partial charge in [-0.1, -0.05) is 25.4 Å². The number of aliphatic carboxylic acids is 1. The highest BCUT2D eigenvalue weighted by Crippen LogP contribution is 2.26. The van der Waals surface area contributed by atoms with Crippen LogP contribution in [0.3, 0.4) is 0 Å². The first-order chi connectivity index (χ1) is 9.56. The Morgan fingerprint density at radius 3 is 2.43 bits per heavy atom. The second kappa shape index (κ2) is 6.37. The number of nitro benzene ring substituents is 1. The Labute approximate surface area is 125 Å². The molecular weight excluding hydrogens is 324 g/mol.